The number of ether oxygens (including phenoxy) is 1. The van der Waals surface area contributed by atoms with Crippen molar-refractivity contribution in [2.75, 3.05) is 0 Å². The van der Waals surface area contributed by atoms with Crippen LogP contribution < -0.4 is 0 Å². The van der Waals surface area contributed by atoms with E-state index in [1.807, 2.05) is 30.3 Å². The molecular formula is C17H23NO3. The summed E-state index contributed by atoms with van der Waals surface area (Å²) >= 11 is 0. The predicted octanol–water partition coefficient (Wildman–Crippen LogP) is 3.85. The highest BCUT2D eigenvalue weighted by atomic mass is 16.5. The molecule has 0 aromatic heterocycles. The van der Waals surface area contributed by atoms with Gasteiger partial charge in [-0.05, 0) is 24.3 Å². The second kappa shape index (κ2) is 6.74. The summed E-state index contributed by atoms with van der Waals surface area (Å²) in [5.74, 6) is -0.596. The van der Waals surface area contributed by atoms with Crippen molar-refractivity contribution in [3.05, 3.63) is 35.9 Å². The number of carboxylic acid groups (broad SMARTS) is 1. The Morgan fingerprint density at radius 2 is 2.05 bits per heavy atom. The van der Waals surface area contributed by atoms with Crippen LogP contribution in [0.5, 0.6) is 0 Å². The summed E-state index contributed by atoms with van der Waals surface area (Å²) in [5.41, 5.74) is -0.141. The van der Waals surface area contributed by atoms with E-state index in [4.69, 9.17) is 10.1 Å². The van der Waals surface area contributed by atoms with Crippen molar-refractivity contribution in [2.24, 2.45) is 11.3 Å². The molecule has 1 fully saturated rings. The van der Waals surface area contributed by atoms with E-state index in [0.29, 0.717) is 18.8 Å². The number of aliphatic carboxylic acids is 1. The molecule has 0 aliphatic heterocycles. The van der Waals surface area contributed by atoms with E-state index in [-0.39, 0.29) is 12.5 Å². The summed E-state index contributed by atoms with van der Waals surface area (Å²) in [6.07, 6.45) is 4.38. The molecule has 114 valence electrons. The Morgan fingerprint density at radius 3 is 2.62 bits per heavy atom. The Morgan fingerprint density at radius 1 is 1.38 bits per heavy atom. The van der Waals surface area contributed by atoms with Gasteiger partial charge in [-0.1, -0.05) is 56.5 Å². The molecule has 1 aliphatic rings. The van der Waals surface area contributed by atoms with Gasteiger partial charge in [-0.2, -0.15) is 0 Å². The first-order valence-corrected chi connectivity index (χ1v) is 7.57. The highest BCUT2D eigenvalue weighted by Crippen LogP contribution is 2.49. The maximum absolute atomic E-state index is 11.6. The van der Waals surface area contributed by atoms with E-state index in [9.17, 15) is 9.90 Å². The minimum Gasteiger partial charge on any atom is -0.480 e. The molecule has 0 saturated heterocycles. The second-order valence-corrected chi connectivity index (χ2v) is 5.91. The third kappa shape index (κ3) is 3.43. The topological polar surface area (TPSA) is 70.4 Å². The number of rotatable bonds is 7. The van der Waals surface area contributed by atoms with E-state index >= 15 is 0 Å². The van der Waals surface area contributed by atoms with Crippen molar-refractivity contribution in [1.82, 2.24) is 0 Å². The molecule has 0 amide bonds. The van der Waals surface area contributed by atoms with Crippen LogP contribution in [-0.4, -0.2) is 17.0 Å². The van der Waals surface area contributed by atoms with Crippen molar-refractivity contribution >= 4 is 11.9 Å². The third-order valence-corrected chi connectivity index (χ3v) is 4.31. The number of hydrogen-bond acceptors (Lipinski definition) is 3. The van der Waals surface area contributed by atoms with Gasteiger partial charge in [-0.25, -0.2) is 0 Å². The highest BCUT2D eigenvalue weighted by molar-refractivity contribution is 6.01. The quantitative estimate of drug-likeness (QED) is 0.591. The summed E-state index contributed by atoms with van der Waals surface area (Å²) < 4.78 is 5.45. The fourth-order valence-electron chi connectivity index (χ4n) is 2.95. The fourth-order valence-corrected chi connectivity index (χ4v) is 2.95. The number of hydrogen-bond donors (Lipinski definition) is 2. The van der Waals surface area contributed by atoms with E-state index in [0.717, 1.165) is 24.8 Å². The maximum atomic E-state index is 11.6. The van der Waals surface area contributed by atoms with E-state index in [1.165, 1.54) is 0 Å². The monoisotopic (exact) mass is 289 g/mol. The summed E-state index contributed by atoms with van der Waals surface area (Å²) in [7, 11) is 0. The lowest BCUT2D eigenvalue weighted by Crippen LogP contribution is -2.50. The van der Waals surface area contributed by atoms with Crippen molar-refractivity contribution in [2.45, 2.75) is 45.6 Å². The SMILES string of the molecule is CCCCC1CC(C(=N)OCc2ccccc2)(C(=O)O)C1. The standard InChI is InChI=1S/C17H23NO3/c1-2-3-7-14-10-17(11-14,16(19)20)15(18)21-12-13-8-5-4-6-9-13/h4-6,8-9,14,18H,2-3,7,10-12H2,1H3,(H,19,20). The van der Waals surface area contributed by atoms with Crippen LogP contribution in [0, 0.1) is 16.7 Å². The zero-order valence-electron chi connectivity index (χ0n) is 12.5. The Labute approximate surface area is 125 Å². The van der Waals surface area contributed by atoms with Crippen molar-refractivity contribution in [3.63, 3.8) is 0 Å². The summed E-state index contributed by atoms with van der Waals surface area (Å²) in [6, 6.07) is 9.54. The van der Waals surface area contributed by atoms with Gasteiger partial charge in [-0.15, -0.1) is 0 Å². The zero-order valence-corrected chi connectivity index (χ0v) is 12.5. The van der Waals surface area contributed by atoms with Crippen LogP contribution in [0.4, 0.5) is 0 Å². The molecule has 4 heteroatoms. The van der Waals surface area contributed by atoms with Crippen LogP contribution in [0.15, 0.2) is 30.3 Å². The first-order valence-electron chi connectivity index (χ1n) is 7.57. The molecule has 4 nitrogen and oxygen atoms in total. The van der Waals surface area contributed by atoms with Gasteiger partial charge in [0.1, 0.15) is 12.0 Å². The molecule has 1 aromatic rings. The lowest BCUT2D eigenvalue weighted by molar-refractivity contribution is -0.152. The highest BCUT2D eigenvalue weighted by Gasteiger charge is 2.54. The van der Waals surface area contributed by atoms with Gasteiger partial charge in [0.25, 0.3) is 0 Å². The van der Waals surface area contributed by atoms with Gasteiger partial charge in [0.2, 0.25) is 0 Å². The Bertz CT molecular complexity index is 492. The van der Waals surface area contributed by atoms with Gasteiger partial charge < -0.3 is 9.84 Å². The minimum absolute atomic E-state index is 0.0911. The molecule has 21 heavy (non-hydrogen) atoms. The van der Waals surface area contributed by atoms with E-state index < -0.39 is 11.4 Å². The fraction of sp³-hybridized carbons (Fsp3) is 0.529. The molecule has 1 saturated carbocycles. The van der Waals surface area contributed by atoms with Crippen LogP contribution in [0.2, 0.25) is 0 Å². The van der Waals surface area contributed by atoms with Gasteiger partial charge in [0, 0.05) is 0 Å². The summed E-state index contributed by atoms with van der Waals surface area (Å²) in [5, 5.41) is 17.5. The lowest BCUT2D eigenvalue weighted by atomic mass is 9.60. The number of benzene rings is 1. The van der Waals surface area contributed by atoms with E-state index in [1.54, 1.807) is 0 Å². The summed E-state index contributed by atoms with van der Waals surface area (Å²) in [6.45, 7) is 2.39. The van der Waals surface area contributed by atoms with Crippen LogP contribution in [-0.2, 0) is 16.1 Å². The van der Waals surface area contributed by atoms with Crippen LogP contribution in [0.25, 0.3) is 0 Å². The van der Waals surface area contributed by atoms with Gasteiger partial charge in [0.15, 0.2) is 5.90 Å². The average Bonchev–Trinajstić information content (AvgIpc) is 2.44. The van der Waals surface area contributed by atoms with Gasteiger partial charge >= 0.3 is 5.97 Å². The number of nitrogens with one attached hydrogen (secondary N) is 1. The van der Waals surface area contributed by atoms with Crippen LogP contribution >= 0.6 is 0 Å². The molecule has 0 atom stereocenters. The van der Waals surface area contributed by atoms with Crippen molar-refractivity contribution in [3.8, 4) is 0 Å². The number of carboxylic acids is 1. The largest absolute Gasteiger partial charge is 0.480 e. The molecule has 0 radical (unpaired) electrons. The molecule has 0 unspecified atom stereocenters. The molecule has 0 heterocycles. The smallest absolute Gasteiger partial charge is 0.319 e. The van der Waals surface area contributed by atoms with Gasteiger partial charge in [0.05, 0.1) is 0 Å². The molecular weight excluding hydrogens is 266 g/mol. The average molecular weight is 289 g/mol. The Balaban J connectivity index is 1.91. The molecule has 0 bridgehead atoms. The molecule has 0 spiro atoms. The molecule has 1 aromatic carbocycles. The van der Waals surface area contributed by atoms with Gasteiger partial charge in [-0.3, -0.25) is 10.2 Å². The Kier molecular flexibility index (Phi) is 4.99. The molecule has 2 rings (SSSR count). The molecule has 1 aliphatic carbocycles. The normalized spacial score (nSPS) is 24.1. The zero-order chi connectivity index (χ0) is 15.3. The minimum atomic E-state index is -1.09. The van der Waals surface area contributed by atoms with Crippen LogP contribution in [0.3, 0.4) is 0 Å². The Hall–Kier alpha value is -1.84. The summed E-state index contributed by atoms with van der Waals surface area (Å²) in [4.78, 5) is 11.6. The van der Waals surface area contributed by atoms with Crippen molar-refractivity contribution < 1.29 is 14.6 Å². The molecule has 2 N–H and O–H groups in total. The lowest BCUT2D eigenvalue weighted by Gasteiger charge is -2.43. The van der Waals surface area contributed by atoms with Crippen LogP contribution in [0.1, 0.15) is 44.6 Å². The van der Waals surface area contributed by atoms with Crippen molar-refractivity contribution in [1.29, 1.82) is 5.41 Å². The first kappa shape index (κ1) is 15.5. The third-order valence-electron chi connectivity index (χ3n) is 4.31. The second-order valence-electron chi connectivity index (χ2n) is 5.91. The maximum Gasteiger partial charge on any atom is 0.319 e. The first-order chi connectivity index (χ1) is 10.1. The number of unbranched alkanes of at least 4 members (excludes halogenated alkanes) is 1. The van der Waals surface area contributed by atoms with E-state index in [2.05, 4.69) is 6.92 Å². The number of carbonyl (C=O) groups is 1. The predicted molar refractivity (Wildman–Crippen MR) is 81.3 cm³/mol.